The molecule has 21 heavy (non-hydrogen) atoms. The molecule has 1 heterocycles. The van der Waals surface area contributed by atoms with Crippen molar-refractivity contribution in [2.24, 2.45) is 5.73 Å². The lowest BCUT2D eigenvalue weighted by Gasteiger charge is -2.05. The Labute approximate surface area is 128 Å². The Kier molecular flexibility index (Phi) is 3.39. The van der Waals surface area contributed by atoms with Gasteiger partial charge in [-0.3, -0.25) is 0 Å². The zero-order valence-corrected chi connectivity index (χ0v) is 12.8. The summed E-state index contributed by atoms with van der Waals surface area (Å²) in [5.41, 5.74) is 11.1. The lowest BCUT2D eigenvalue weighted by Crippen LogP contribution is -2.10. The highest BCUT2D eigenvalue weighted by Gasteiger charge is 2.15. The molecule has 4 heteroatoms. The summed E-state index contributed by atoms with van der Waals surface area (Å²) in [5, 5.41) is 1.06. The predicted octanol–water partition coefficient (Wildman–Crippen LogP) is 3.79. The third-order valence-electron chi connectivity index (χ3n) is 3.58. The summed E-state index contributed by atoms with van der Waals surface area (Å²) >= 11 is 5.26. The Morgan fingerprint density at radius 3 is 2.48 bits per heavy atom. The van der Waals surface area contributed by atoms with E-state index in [0.29, 0.717) is 4.99 Å². The normalized spacial score (nSPS) is 10.8. The van der Waals surface area contributed by atoms with Crippen molar-refractivity contribution in [1.29, 1.82) is 0 Å². The van der Waals surface area contributed by atoms with Crippen molar-refractivity contribution in [2.75, 3.05) is 7.11 Å². The summed E-state index contributed by atoms with van der Waals surface area (Å²) in [6.07, 6.45) is 0. The van der Waals surface area contributed by atoms with Crippen LogP contribution in [0.3, 0.4) is 0 Å². The quantitative estimate of drug-likeness (QED) is 0.723. The van der Waals surface area contributed by atoms with Crippen molar-refractivity contribution >= 4 is 28.1 Å². The Morgan fingerprint density at radius 2 is 1.86 bits per heavy atom. The van der Waals surface area contributed by atoms with Gasteiger partial charge in [0, 0.05) is 16.5 Å². The summed E-state index contributed by atoms with van der Waals surface area (Å²) in [5.74, 6) is 0.822. The number of benzene rings is 2. The van der Waals surface area contributed by atoms with E-state index in [1.165, 1.54) is 5.56 Å². The predicted molar refractivity (Wildman–Crippen MR) is 90.9 cm³/mol. The van der Waals surface area contributed by atoms with Gasteiger partial charge >= 0.3 is 0 Å². The van der Waals surface area contributed by atoms with Crippen LogP contribution in [0.5, 0.6) is 5.75 Å². The van der Waals surface area contributed by atoms with Crippen LogP contribution < -0.4 is 10.5 Å². The van der Waals surface area contributed by atoms with E-state index in [2.05, 4.69) is 30.1 Å². The number of H-pyrrole nitrogens is 1. The molecule has 0 amide bonds. The number of methoxy groups -OCH3 is 1. The van der Waals surface area contributed by atoms with E-state index in [1.807, 2.05) is 24.3 Å². The van der Waals surface area contributed by atoms with Gasteiger partial charge in [0.2, 0.25) is 0 Å². The number of hydrogen-bond acceptors (Lipinski definition) is 2. The van der Waals surface area contributed by atoms with E-state index >= 15 is 0 Å². The fourth-order valence-electron chi connectivity index (χ4n) is 2.54. The average Bonchev–Trinajstić information content (AvgIpc) is 2.86. The fourth-order valence-corrected chi connectivity index (χ4v) is 2.75. The van der Waals surface area contributed by atoms with Gasteiger partial charge in [-0.15, -0.1) is 0 Å². The van der Waals surface area contributed by atoms with E-state index in [1.54, 1.807) is 7.11 Å². The monoisotopic (exact) mass is 296 g/mol. The molecule has 0 aliphatic heterocycles. The summed E-state index contributed by atoms with van der Waals surface area (Å²) in [6.45, 7) is 2.06. The number of ether oxygens (including phenoxy) is 1. The number of aromatic amines is 1. The summed E-state index contributed by atoms with van der Waals surface area (Å²) in [6, 6.07) is 14.1. The molecule has 0 saturated heterocycles. The maximum atomic E-state index is 5.96. The first-order chi connectivity index (χ1) is 10.1. The van der Waals surface area contributed by atoms with Crippen molar-refractivity contribution in [3.8, 4) is 17.0 Å². The van der Waals surface area contributed by atoms with Gasteiger partial charge in [-0.25, -0.2) is 0 Å². The largest absolute Gasteiger partial charge is 0.497 e. The minimum Gasteiger partial charge on any atom is -0.497 e. The summed E-state index contributed by atoms with van der Waals surface area (Å²) < 4.78 is 5.20. The second kappa shape index (κ2) is 5.22. The average molecular weight is 296 g/mol. The maximum Gasteiger partial charge on any atom is 0.118 e. The number of nitrogens with one attached hydrogen (secondary N) is 1. The molecule has 0 aliphatic carbocycles. The lowest BCUT2D eigenvalue weighted by molar-refractivity contribution is 0.415. The first-order valence-corrected chi connectivity index (χ1v) is 7.07. The third kappa shape index (κ3) is 2.38. The highest BCUT2D eigenvalue weighted by atomic mass is 32.1. The van der Waals surface area contributed by atoms with Crippen LogP contribution in [0.15, 0.2) is 42.5 Å². The molecule has 0 atom stereocenters. The van der Waals surface area contributed by atoms with Gasteiger partial charge in [-0.05, 0) is 48.9 Å². The van der Waals surface area contributed by atoms with Gasteiger partial charge in [0.1, 0.15) is 10.7 Å². The molecule has 1 aromatic heterocycles. The van der Waals surface area contributed by atoms with Crippen LogP contribution in [-0.2, 0) is 0 Å². The van der Waals surface area contributed by atoms with E-state index in [0.717, 1.165) is 33.5 Å². The summed E-state index contributed by atoms with van der Waals surface area (Å²) in [4.78, 5) is 3.82. The summed E-state index contributed by atoms with van der Waals surface area (Å²) in [7, 11) is 1.65. The van der Waals surface area contributed by atoms with Gasteiger partial charge in [0.05, 0.1) is 12.8 Å². The minimum absolute atomic E-state index is 0.401. The van der Waals surface area contributed by atoms with Crippen molar-refractivity contribution in [3.63, 3.8) is 0 Å². The van der Waals surface area contributed by atoms with Crippen LogP contribution >= 0.6 is 12.2 Å². The van der Waals surface area contributed by atoms with E-state index in [4.69, 9.17) is 22.7 Å². The fraction of sp³-hybridized carbons (Fsp3) is 0.118. The van der Waals surface area contributed by atoms with Gasteiger partial charge in [-0.1, -0.05) is 23.8 Å². The molecular formula is C17H16N2OS. The molecule has 0 saturated carbocycles. The van der Waals surface area contributed by atoms with Crippen molar-refractivity contribution in [3.05, 3.63) is 53.6 Å². The molecule has 3 nitrogen and oxygen atoms in total. The van der Waals surface area contributed by atoms with Crippen LogP contribution in [0.25, 0.3) is 22.2 Å². The van der Waals surface area contributed by atoms with Crippen molar-refractivity contribution < 1.29 is 4.74 Å². The Bertz CT molecular complexity index is 819. The van der Waals surface area contributed by atoms with Gasteiger partial charge in [0.25, 0.3) is 0 Å². The highest BCUT2D eigenvalue weighted by Crippen LogP contribution is 2.31. The van der Waals surface area contributed by atoms with Gasteiger partial charge < -0.3 is 15.5 Å². The Morgan fingerprint density at radius 1 is 1.14 bits per heavy atom. The van der Waals surface area contributed by atoms with E-state index in [9.17, 15) is 0 Å². The molecule has 0 aliphatic rings. The third-order valence-corrected chi connectivity index (χ3v) is 3.78. The minimum atomic E-state index is 0.401. The molecule has 3 rings (SSSR count). The van der Waals surface area contributed by atoms with Crippen LogP contribution in [0.4, 0.5) is 0 Å². The second-order valence-electron chi connectivity index (χ2n) is 5.02. The van der Waals surface area contributed by atoms with Crippen LogP contribution in [-0.4, -0.2) is 17.1 Å². The van der Waals surface area contributed by atoms with Crippen LogP contribution in [0.1, 0.15) is 11.1 Å². The number of nitrogens with two attached hydrogens (primary N) is 1. The van der Waals surface area contributed by atoms with Crippen molar-refractivity contribution in [2.45, 2.75) is 6.92 Å². The Balaban J connectivity index is 2.25. The van der Waals surface area contributed by atoms with Gasteiger partial charge in [0.15, 0.2) is 0 Å². The zero-order valence-electron chi connectivity index (χ0n) is 11.9. The molecule has 0 spiro atoms. The molecule has 0 fully saturated rings. The van der Waals surface area contributed by atoms with Crippen molar-refractivity contribution in [1.82, 2.24) is 4.98 Å². The molecule has 3 aromatic rings. The first-order valence-electron chi connectivity index (χ1n) is 6.66. The SMILES string of the molecule is COc1ccc(-c2[nH]c3ccc(C)cc3c2C(N)=S)cc1. The standard InChI is InChI=1S/C17H16N2OS/c1-10-3-8-14-13(9-10)15(17(18)21)16(19-14)11-4-6-12(20-2)7-5-11/h3-9,19H,1-2H3,(H2,18,21). The second-order valence-corrected chi connectivity index (χ2v) is 5.46. The maximum absolute atomic E-state index is 5.96. The lowest BCUT2D eigenvalue weighted by atomic mass is 10.0. The molecule has 106 valence electrons. The molecule has 0 radical (unpaired) electrons. The first kappa shape index (κ1) is 13.6. The zero-order chi connectivity index (χ0) is 15.0. The molecular weight excluding hydrogens is 280 g/mol. The molecule has 2 aromatic carbocycles. The van der Waals surface area contributed by atoms with E-state index in [-0.39, 0.29) is 0 Å². The molecule has 3 N–H and O–H groups in total. The smallest absolute Gasteiger partial charge is 0.118 e. The number of aromatic nitrogens is 1. The number of fused-ring (bicyclic) bond motifs is 1. The number of aryl methyl sites for hydroxylation is 1. The molecule has 0 unspecified atom stereocenters. The number of rotatable bonds is 3. The number of thiocarbonyl (C=S) groups is 1. The Hall–Kier alpha value is -2.33. The van der Waals surface area contributed by atoms with Crippen LogP contribution in [0.2, 0.25) is 0 Å². The van der Waals surface area contributed by atoms with Gasteiger partial charge in [-0.2, -0.15) is 0 Å². The number of hydrogen-bond donors (Lipinski definition) is 2. The molecule has 0 bridgehead atoms. The topological polar surface area (TPSA) is 51.0 Å². The van der Waals surface area contributed by atoms with Crippen LogP contribution in [0, 0.1) is 6.92 Å². The highest BCUT2D eigenvalue weighted by molar-refractivity contribution is 7.80. The van der Waals surface area contributed by atoms with E-state index < -0.39 is 0 Å².